The Balaban J connectivity index is 3.27. The molecule has 0 aliphatic heterocycles. The first kappa shape index (κ1) is 8.33. The Morgan fingerprint density at radius 2 is 2.33 bits per heavy atom. The zero-order valence-electron chi connectivity index (χ0n) is 5.26. The maximum atomic E-state index is 11.9. The molecule has 0 unspecified atom stereocenters. The van der Waals surface area contributed by atoms with Crippen LogP contribution in [0.3, 0.4) is 0 Å². The van der Waals surface area contributed by atoms with Crippen molar-refractivity contribution in [2.24, 2.45) is 0 Å². The molecule has 0 aromatic heterocycles. The van der Waals surface area contributed by atoms with Crippen LogP contribution in [0.15, 0.2) is 0 Å². The van der Waals surface area contributed by atoms with Gasteiger partial charge in [-0.15, -0.1) is 0 Å². The predicted octanol–water partition coefficient (Wildman–Crippen LogP) is 1.91. The number of hydrogen-bond acceptors (Lipinski definition) is 2. The van der Waals surface area contributed by atoms with E-state index in [0.717, 1.165) is 6.42 Å². The molecule has 0 spiro atoms. The second kappa shape index (κ2) is 4.23. The lowest BCUT2D eigenvalue weighted by atomic mass is 10.2. The maximum Gasteiger partial charge on any atom is 0.457 e. The van der Waals surface area contributed by atoms with Gasteiger partial charge in [0.15, 0.2) is 0 Å². The molecule has 1 radical (unpaired) electrons. The molecular formula is C5H9FNO2. The first-order valence-electron chi connectivity index (χ1n) is 2.84. The molecule has 0 aromatic rings. The Kier molecular flexibility index (Phi) is 3.92. The molecular weight excluding hydrogens is 125 g/mol. The molecule has 53 valence electrons. The SMILES string of the molecule is CCCC[C](F)[N+](=O)[O-]. The molecule has 3 nitrogen and oxygen atoms in total. The summed E-state index contributed by atoms with van der Waals surface area (Å²) in [5.74, 6) is 0. The van der Waals surface area contributed by atoms with Crippen molar-refractivity contribution < 1.29 is 9.31 Å². The zero-order chi connectivity index (χ0) is 7.28. The van der Waals surface area contributed by atoms with Crippen LogP contribution in [0.25, 0.3) is 0 Å². The number of halogens is 1. The van der Waals surface area contributed by atoms with E-state index in [-0.39, 0.29) is 6.42 Å². The fourth-order valence-corrected chi connectivity index (χ4v) is 0.414. The van der Waals surface area contributed by atoms with Crippen molar-refractivity contribution in [2.45, 2.75) is 26.2 Å². The number of unbranched alkanes of at least 4 members (excludes halogenated alkanes) is 1. The molecule has 0 rings (SSSR count). The fourth-order valence-electron chi connectivity index (χ4n) is 0.414. The van der Waals surface area contributed by atoms with E-state index in [1.165, 1.54) is 0 Å². The van der Waals surface area contributed by atoms with Crippen LogP contribution in [0.1, 0.15) is 26.2 Å². The summed E-state index contributed by atoms with van der Waals surface area (Å²) in [6.07, 6.45) is 0.161. The summed E-state index contributed by atoms with van der Waals surface area (Å²) in [5.41, 5.74) is 0. The summed E-state index contributed by atoms with van der Waals surface area (Å²) in [6.45, 7) is 1.85. The summed E-state index contributed by atoms with van der Waals surface area (Å²) in [5, 5.41) is 9.60. The zero-order valence-corrected chi connectivity index (χ0v) is 5.26. The predicted molar refractivity (Wildman–Crippen MR) is 30.9 cm³/mol. The van der Waals surface area contributed by atoms with E-state index in [9.17, 15) is 14.5 Å². The molecule has 0 fully saturated rings. The van der Waals surface area contributed by atoms with Gasteiger partial charge in [-0.3, -0.25) is 10.1 Å². The van der Waals surface area contributed by atoms with Crippen LogP contribution in [-0.2, 0) is 0 Å². The third-order valence-electron chi connectivity index (χ3n) is 0.935. The van der Waals surface area contributed by atoms with Gasteiger partial charge in [0.2, 0.25) is 0 Å². The van der Waals surface area contributed by atoms with Crippen LogP contribution in [0.2, 0.25) is 0 Å². The molecule has 0 aromatic carbocycles. The monoisotopic (exact) mass is 134 g/mol. The normalized spacial score (nSPS) is 10.1. The van der Waals surface area contributed by atoms with Gasteiger partial charge in [-0.2, -0.15) is 4.39 Å². The van der Waals surface area contributed by atoms with Crippen LogP contribution in [0, 0.1) is 16.4 Å². The van der Waals surface area contributed by atoms with Gasteiger partial charge < -0.3 is 0 Å². The van der Waals surface area contributed by atoms with Crippen molar-refractivity contribution in [2.75, 3.05) is 0 Å². The molecule has 4 heteroatoms. The largest absolute Gasteiger partial charge is 0.457 e. The fraction of sp³-hybridized carbons (Fsp3) is 0.800. The summed E-state index contributed by atoms with van der Waals surface area (Å²) in [7, 11) is 0. The highest BCUT2D eigenvalue weighted by Gasteiger charge is 2.20. The topological polar surface area (TPSA) is 43.1 Å². The lowest BCUT2D eigenvalue weighted by Crippen LogP contribution is -2.02. The highest BCUT2D eigenvalue weighted by Crippen LogP contribution is 2.11. The Morgan fingerprint density at radius 3 is 2.67 bits per heavy atom. The minimum atomic E-state index is -1.13. The van der Waals surface area contributed by atoms with E-state index in [1.807, 2.05) is 6.92 Å². The van der Waals surface area contributed by atoms with E-state index < -0.39 is 11.2 Å². The lowest BCUT2D eigenvalue weighted by molar-refractivity contribution is -0.494. The average Bonchev–Trinajstić information content (AvgIpc) is 1.82. The summed E-state index contributed by atoms with van der Waals surface area (Å²) in [4.78, 5) is 8.62. The Bertz CT molecular complexity index is 97.0. The highest BCUT2D eigenvalue weighted by molar-refractivity contribution is 4.58. The van der Waals surface area contributed by atoms with Crippen LogP contribution in [-0.4, -0.2) is 4.92 Å². The molecule has 0 heterocycles. The van der Waals surface area contributed by atoms with Gasteiger partial charge in [0.05, 0.1) is 11.3 Å². The van der Waals surface area contributed by atoms with E-state index in [4.69, 9.17) is 0 Å². The van der Waals surface area contributed by atoms with Crippen molar-refractivity contribution >= 4 is 0 Å². The lowest BCUT2D eigenvalue weighted by Gasteiger charge is -1.92. The molecule has 0 aliphatic rings. The first-order valence-corrected chi connectivity index (χ1v) is 2.84. The van der Waals surface area contributed by atoms with Crippen molar-refractivity contribution in [1.82, 2.24) is 0 Å². The van der Waals surface area contributed by atoms with Crippen LogP contribution >= 0.6 is 0 Å². The van der Waals surface area contributed by atoms with Crippen LogP contribution < -0.4 is 0 Å². The minimum Gasteiger partial charge on any atom is -0.261 e. The molecule has 0 aliphatic carbocycles. The van der Waals surface area contributed by atoms with Gasteiger partial charge in [-0.25, -0.2) is 0 Å². The highest BCUT2D eigenvalue weighted by atomic mass is 19.1. The molecule has 0 amide bonds. The molecule has 0 N–H and O–H groups in total. The van der Waals surface area contributed by atoms with Crippen molar-refractivity contribution in [1.29, 1.82) is 0 Å². The van der Waals surface area contributed by atoms with E-state index in [1.54, 1.807) is 0 Å². The Hall–Kier alpha value is -0.670. The van der Waals surface area contributed by atoms with Gasteiger partial charge in [0.25, 0.3) is 0 Å². The molecule has 0 atom stereocenters. The van der Waals surface area contributed by atoms with Gasteiger partial charge in [-0.1, -0.05) is 13.3 Å². The molecule has 0 bridgehead atoms. The second-order valence-corrected chi connectivity index (χ2v) is 1.74. The van der Waals surface area contributed by atoms with Gasteiger partial charge in [-0.05, 0) is 6.42 Å². The van der Waals surface area contributed by atoms with Gasteiger partial charge >= 0.3 is 6.30 Å². The number of nitro groups is 1. The quantitative estimate of drug-likeness (QED) is 0.335. The minimum absolute atomic E-state index is 0.0382. The molecule has 0 saturated carbocycles. The van der Waals surface area contributed by atoms with Crippen molar-refractivity contribution in [3.05, 3.63) is 16.4 Å². The summed E-state index contributed by atoms with van der Waals surface area (Å²) in [6, 6.07) is 0. The third kappa shape index (κ3) is 3.88. The molecule has 0 saturated heterocycles. The standard InChI is InChI=1S/C5H9FNO2/c1-2-3-4-5(6)7(8)9/h2-4H2,1H3. The third-order valence-corrected chi connectivity index (χ3v) is 0.935. The number of rotatable bonds is 4. The second-order valence-electron chi connectivity index (χ2n) is 1.74. The molecule has 9 heavy (non-hydrogen) atoms. The van der Waals surface area contributed by atoms with E-state index >= 15 is 0 Å². The maximum absolute atomic E-state index is 11.9. The van der Waals surface area contributed by atoms with Crippen LogP contribution in [0.5, 0.6) is 0 Å². The summed E-state index contributed by atoms with van der Waals surface area (Å²) >= 11 is 0. The Morgan fingerprint density at radius 1 is 1.78 bits per heavy atom. The van der Waals surface area contributed by atoms with E-state index in [0.29, 0.717) is 6.42 Å². The average molecular weight is 134 g/mol. The van der Waals surface area contributed by atoms with Crippen molar-refractivity contribution in [3.8, 4) is 0 Å². The number of nitrogens with zero attached hydrogens (tertiary/aromatic N) is 1. The number of hydrogen-bond donors (Lipinski definition) is 0. The van der Waals surface area contributed by atoms with Crippen molar-refractivity contribution in [3.63, 3.8) is 0 Å². The first-order chi connectivity index (χ1) is 4.18. The van der Waals surface area contributed by atoms with Gasteiger partial charge in [0.1, 0.15) is 0 Å². The smallest absolute Gasteiger partial charge is 0.261 e. The Labute approximate surface area is 53.0 Å². The van der Waals surface area contributed by atoms with Gasteiger partial charge in [0, 0.05) is 0 Å². The summed E-state index contributed by atoms with van der Waals surface area (Å²) < 4.78 is 11.9. The van der Waals surface area contributed by atoms with Crippen LogP contribution in [0.4, 0.5) is 4.39 Å². The van der Waals surface area contributed by atoms with E-state index in [2.05, 4.69) is 0 Å².